The van der Waals surface area contributed by atoms with E-state index in [9.17, 15) is 19.7 Å². The minimum absolute atomic E-state index is 0.0959. The van der Waals surface area contributed by atoms with E-state index in [4.69, 9.17) is 25.8 Å². The molecule has 11 nitrogen and oxygen atoms in total. The van der Waals surface area contributed by atoms with Crippen molar-refractivity contribution in [3.63, 3.8) is 0 Å². The Bertz CT molecular complexity index is 1720. The number of ether oxygens (including phenoxy) is 3. The molecular formula is C27H25ClN4O7S. The van der Waals surface area contributed by atoms with Gasteiger partial charge in [0.05, 0.1) is 48.2 Å². The van der Waals surface area contributed by atoms with Crippen LogP contribution in [0.25, 0.3) is 6.08 Å². The summed E-state index contributed by atoms with van der Waals surface area (Å²) in [5, 5.41) is 12.0. The summed E-state index contributed by atoms with van der Waals surface area (Å²) in [6.07, 6.45) is 1.63. The summed E-state index contributed by atoms with van der Waals surface area (Å²) >= 11 is 7.45. The van der Waals surface area contributed by atoms with Crippen LogP contribution in [0.3, 0.4) is 0 Å². The van der Waals surface area contributed by atoms with Gasteiger partial charge in [-0.3, -0.25) is 19.5 Å². The number of carbonyl (C=O) groups is 1. The Morgan fingerprint density at radius 3 is 2.65 bits per heavy atom. The molecule has 208 valence electrons. The van der Waals surface area contributed by atoms with Gasteiger partial charge in [0.25, 0.3) is 11.2 Å². The van der Waals surface area contributed by atoms with Crippen molar-refractivity contribution in [1.29, 1.82) is 0 Å². The van der Waals surface area contributed by atoms with E-state index in [0.717, 1.165) is 17.0 Å². The van der Waals surface area contributed by atoms with Crippen molar-refractivity contribution in [2.75, 3.05) is 45.4 Å². The lowest BCUT2D eigenvalue weighted by Gasteiger charge is -2.30. The van der Waals surface area contributed by atoms with Gasteiger partial charge < -0.3 is 19.1 Å². The van der Waals surface area contributed by atoms with Gasteiger partial charge in [-0.05, 0) is 37.3 Å². The van der Waals surface area contributed by atoms with Crippen LogP contribution in [0.4, 0.5) is 11.4 Å². The van der Waals surface area contributed by atoms with Gasteiger partial charge >= 0.3 is 5.97 Å². The smallest absolute Gasteiger partial charge is 0.338 e. The number of methoxy groups -OCH3 is 2. The molecule has 0 N–H and O–H groups in total. The zero-order valence-corrected chi connectivity index (χ0v) is 23.5. The SMILES string of the molecule is COC(=O)C1=C(C)N=c2s/c(=C\c3cc([N+](=O)[O-])ccc3N3CCOCC3)c(=O)n2[C@H]1c1cc(Cl)ccc1OC. The molecule has 5 rings (SSSR count). The fourth-order valence-electron chi connectivity index (χ4n) is 4.91. The summed E-state index contributed by atoms with van der Waals surface area (Å²) in [6, 6.07) is 8.61. The third kappa shape index (κ3) is 5.01. The van der Waals surface area contributed by atoms with Crippen LogP contribution in [0.15, 0.2) is 57.5 Å². The van der Waals surface area contributed by atoms with Gasteiger partial charge in [0, 0.05) is 47.1 Å². The van der Waals surface area contributed by atoms with E-state index in [1.165, 1.54) is 30.9 Å². The number of thiazole rings is 1. The van der Waals surface area contributed by atoms with Crippen molar-refractivity contribution in [2.45, 2.75) is 13.0 Å². The second-order valence-electron chi connectivity index (χ2n) is 9.06. The first kappa shape index (κ1) is 27.6. The lowest BCUT2D eigenvalue weighted by Crippen LogP contribution is -2.40. The third-order valence-electron chi connectivity index (χ3n) is 6.77. The number of fused-ring (bicyclic) bond motifs is 1. The number of hydrogen-bond donors (Lipinski definition) is 0. The molecule has 1 aromatic heterocycles. The van der Waals surface area contributed by atoms with Crippen molar-refractivity contribution in [3.8, 4) is 5.75 Å². The van der Waals surface area contributed by atoms with Crippen LogP contribution < -0.4 is 24.5 Å². The molecule has 1 fully saturated rings. The van der Waals surface area contributed by atoms with Crippen LogP contribution in [0.1, 0.15) is 24.1 Å². The predicted molar refractivity (Wildman–Crippen MR) is 150 cm³/mol. The maximum absolute atomic E-state index is 14.0. The summed E-state index contributed by atoms with van der Waals surface area (Å²) in [4.78, 5) is 45.1. The quantitative estimate of drug-likeness (QED) is 0.246. The Hall–Kier alpha value is -4.00. The standard InChI is InChI=1S/C27H25ClN4O7S/c1-15-23(26(34)38-3)24(19-14-17(28)4-7-21(19)37-2)31-25(33)22(40-27(31)29-15)13-16-12-18(32(35)36)5-6-20(16)30-8-10-39-11-9-30/h4-7,12-14,24H,8-11H2,1-3H3/b22-13-/t24-/m0/s1. The monoisotopic (exact) mass is 584 g/mol. The largest absolute Gasteiger partial charge is 0.496 e. The second kappa shape index (κ2) is 11.2. The van der Waals surface area contributed by atoms with Gasteiger partial charge in [0.2, 0.25) is 0 Å². The van der Waals surface area contributed by atoms with Crippen LogP contribution >= 0.6 is 22.9 Å². The maximum Gasteiger partial charge on any atom is 0.338 e. The van der Waals surface area contributed by atoms with E-state index in [2.05, 4.69) is 9.89 Å². The number of rotatable bonds is 6. The number of benzene rings is 2. The summed E-state index contributed by atoms with van der Waals surface area (Å²) in [5.74, 6) is -0.218. The van der Waals surface area contributed by atoms with Crippen molar-refractivity contribution in [2.24, 2.45) is 4.99 Å². The van der Waals surface area contributed by atoms with Crippen LogP contribution in [-0.2, 0) is 14.3 Å². The zero-order valence-electron chi connectivity index (χ0n) is 21.9. The Balaban J connectivity index is 1.76. The Labute approximate surface area is 237 Å². The van der Waals surface area contributed by atoms with Crippen LogP contribution in [-0.4, -0.2) is 56.0 Å². The summed E-state index contributed by atoms with van der Waals surface area (Å²) in [5.41, 5.74) is 1.79. The number of carbonyl (C=O) groups excluding carboxylic acids is 1. The molecule has 0 radical (unpaired) electrons. The van der Waals surface area contributed by atoms with Crippen LogP contribution in [0.5, 0.6) is 5.75 Å². The fourth-order valence-corrected chi connectivity index (χ4v) is 6.13. The highest BCUT2D eigenvalue weighted by Crippen LogP contribution is 2.37. The molecule has 2 aromatic carbocycles. The Kier molecular flexibility index (Phi) is 7.74. The van der Waals surface area contributed by atoms with Gasteiger partial charge in [-0.1, -0.05) is 22.9 Å². The van der Waals surface area contributed by atoms with Gasteiger partial charge in [-0.15, -0.1) is 0 Å². The van der Waals surface area contributed by atoms with Crippen molar-refractivity contribution < 1.29 is 23.9 Å². The number of non-ortho nitro benzene ring substituents is 1. The molecule has 0 spiro atoms. The average molecular weight is 585 g/mol. The first-order valence-corrected chi connectivity index (χ1v) is 13.5. The van der Waals surface area contributed by atoms with E-state index in [1.807, 2.05) is 0 Å². The molecule has 0 bridgehead atoms. The highest BCUT2D eigenvalue weighted by Gasteiger charge is 2.35. The molecule has 0 amide bonds. The molecule has 1 saturated heterocycles. The van der Waals surface area contributed by atoms with E-state index in [-0.39, 0.29) is 11.3 Å². The summed E-state index contributed by atoms with van der Waals surface area (Å²) in [7, 11) is 2.75. The number of nitro benzene ring substituents is 1. The number of anilines is 1. The van der Waals surface area contributed by atoms with Crippen molar-refractivity contribution in [1.82, 2.24) is 4.57 Å². The minimum Gasteiger partial charge on any atom is -0.496 e. The van der Waals surface area contributed by atoms with E-state index in [1.54, 1.807) is 37.3 Å². The van der Waals surface area contributed by atoms with E-state index >= 15 is 0 Å². The fraction of sp³-hybridized carbons (Fsp3) is 0.296. The van der Waals surface area contributed by atoms with Gasteiger partial charge in [-0.25, -0.2) is 9.79 Å². The Morgan fingerprint density at radius 2 is 1.98 bits per heavy atom. The molecule has 13 heteroatoms. The van der Waals surface area contributed by atoms with Gasteiger partial charge in [0.15, 0.2) is 4.80 Å². The van der Waals surface area contributed by atoms with Crippen molar-refractivity contribution in [3.05, 3.63) is 93.6 Å². The highest BCUT2D eigenvalue weighted by molar-refractivity contribution is 7.07. The second-order valence-corrected chi connectivity index (χ2v) is 10.5. The number of allylic oxidation sites excluding steroid dienone is 1. The topological polar surface area (TPSA) is 126 Å². The maximum atomic E-state index is 14.0. The number of morpholine rings is 1. The number of nitrogens with zero attached hydrogens (tertiary/aromatic N) is 4. The van der Waals surface area contributed by atoms with Gasteiger partial charge in [0.1, 0.15) is 11.8 Å². The summed E-state index contributed by atoms with van der Waals surface area (Å²) < 4.78 is 17.8. The molecule has 0 unspecified atom stereocenters. The molecule has 2 aliphatic rings. The number of esters is 1. The van der Waals surface area contributed by atoms with E-state index in [0.29, 0.717) is 63.2 Å². The van der Waals surface area contributed by atoms with E-state index < -0.39 is 22.5 Å². The van der Waals surface area contributed by atoms with Crippen LogP contribution in [0.2, 0.25) is 5.02 Å². The lowest BCUT2D eigenvalue weighted by molar-refractivity contribution is -0.384. The molecular weight excluding hydrogens is 560 g/mol. The Morgan fingerprint density at radius 1 is 1.23 bits per heavy atom. The number of hydrogen-bond acceptors (Lipinski definition) is 10. The normalized spacial score (nSPS) is 17.4. The van der Waals surface area contributed by atoms with Gasteiger partial charge in [-0.2, -0.15) is 0 Å². The first-order chi connectivity index (χ1) is 19.2. The number of halogens is 1. The first-order valence-electron chi connectivity index (χ1n) is 12.3. The molecule has 0 saturated carbocycles. The van der Waals surface area contributed by atoms with Crippen molar-refractivity contribution >= 4 is 46.4 Å². The summed E-state index contributed by atoms with van der Waals surface area (Å²) in [6.45, 7) is 3.93. The lowest BCUT2D eigenvalue weighted by atomic mass is 9.95. The molecule has 3 aromatic rings. The minimum atomic E-state index is -0.927. The molecule has 0 aliphatic carbocycles. The van der Waals surface area contributed by atoms with Crippen LogP contribution in [0, 0.1) is 10.1 Å². The molecule has 2 aliphatic heterocycles. The number of nitro groups is 1. The third-order valence-corrected chi connectivity index (χ3v) is 7.99. The molecule has 3 heterocycles. The molecule has 40 heavy (non-hydrogen) atoms. The predicted octanol–water partition coefficient (Wildman–Crippen LogP) is 2.82. The zero-order chi connectivity index (χ0) is 28.6. The number of aromatic nitrogens is 1. The highest BCUT2D eigenvalue weighted by atomic mass is 35.5. The molecule has 1 atom stereocenters. The average Bonchev–Trinajstić information content (AvgIpc) is 3.26.